The molecule has 0 saturated carbocycles. The minimum atomic E-state index is -0.281. The summed E-state index contributed by atoms with van der Waals surface area (Å²) in [6.07, 6.45) is 0.212. The number of halogens is 1. The van der Waals surface area contributed by atoms with E-state index in [-0.39, 0.29) is 18.1 Å². The Hall–Kier alpha value is -1.34. The number of methoxy groups -OCH3 is 1. The molecule has 0 heterocycles. The molecular weight excluding hydrogens is 270 g/mol. The van der Waals surface area contributed by atoms with Crippen molar-refractivity contribution in [3.63, 3.8) is 0 Å². The van der Waals surface area contributed by atoms with Crippen LogP contribution >= 0.6 is 15.9 Å². The van der Waals surface area contributed by atoms with Crippen LogP contribution in [0.2, 0.25) is 0 Å². The number of carbonyl (C=O) groups excluding carboxylic acids is 1. The number of hydrogen-bond acceptors (Lipinski definition) is 3. The van der Waals surface area contributed by atoms with Crippen molar-refractivity contribution in [2.75, 3.05) is 7.11 Å². The Bertz CT molecular complexity index is 437. The van der Waals surface area contributed by atoms with Crippen LogP contribution in [0.1, 0.15) is 23.7 Å². The van der Waals surface area contributed by atoms with E-state index in [9.17, 15) is 4.79 Å². The van der Waals surface area contributed by atoms with Crippen LogP contribution < -0.4 is 4.74 Å². The molecule has 0 fully saturated rings. The van der Waals surface area contributed by atoms with Crippen LogP contribution in [0.4, 0.5) is 0 Å². The monoisotopic (exact) mass is 281 g/mol. The summed E-state index contributed by atoms with van der Waals surface area (Å²) < 4.78 is 5.93. The quantitative estimate of drug-likeness (QED) is 0.797. The molecule has 0 amide bonds. The summed E-state index contributed by atoms with van der Waals surface area (Å²) >= 11 is 3.30. The van der Waals surface area contributed by atoms with E-state index in [1.807, 2.05) is 12.1 Å². The zero-order valence-electron chi connectivity index (χ0n) is 9.16. The van der Waals surface area contributed by atoms with Gasteiger partial charge in [0.1, 0.15) is 5.75 Å². The maximum atomic E-state index is 11.9. The summed E-state index contributed by atoms with van der Waals surface area (Å²) in [7, 11) is 1.52. The van der Waals surface area contributed by atoms with E-state index in [4.69, 9.17) is 10.00 Å². The molecule has 0 aliphatic carbocycles. The third-order valence-electron chi connectivity index (χ3n) is 2.17. The standard InChI is InChI=1S/C12H12BrNO2/c1-8(7-14)5-11(15)10-6-9(13)3-4-12(10)16-2/h3-4,6,8H,5H2,1-2H3. The predicted molar refractivity (Wildman–Crippen MR) is 64.4 cm³/mol. The van der Waals surface area contributed by atoms with Crippen LogP contribution in [-0.2, 0) is 0 Å². The molecule has 0 aliphatic rings. The number of rotatable bonds is 4. The van der Waals surface area contributed by atoms with Crippen molar-refractivity contribution in [1.82, 2.24) is 0 Å². The fraction of sp³-hybridized carbons (Fsp3) is 0.333. The second-order valence-electron chi connectivity index (χ2n) is 3.50. The lowest BCUT2D eigenvalue weighted by atomic mass is 10.0. The van der Waals surface area contributed by atoms with Gasteiger partial charge in [0.2, 0.25) is 0 Å². The van der Waals surface area contributed by atoms with Crippen molar-refractivity contribution >= 4 is 21.7 Å². The first-order chi connectivity index (χ1) is 7.58. The van der Waals surface area contributed by atoms with Crippen molar-refractivity contribution in [2.45, 2.75) is 13.3 Å². The molecule has 3 nitrogen and oxygen atoms in total. The van der Waals surface area contributed by atoms with E-state index >= 15 is 0 Å². The third-order valence-corrected chi connectivity index (χ3v) is 2.67. The summed E-state index contributed by atoms with van der Waals surface area (Å²) in [5, 5.41) is 8.67. The molecule has 0 spiro atoms. The minimum Gasteiger partial charge on any atom is -0.496 e. The smallest absolute Gasteiger partial charge is 0.167 e. The number of ether oxygens (including phenoxy) is 1. The minimum absolute atomic E-state index is 0.0767. The number of benzene rings is 1. The summed E-state index contributed by atoms with van der Waals surface area (Å²) in [6, 6.07) is 7.30. The summed E-state index contributed by atoms with van der Waals surface area (Å²) in [5.74, 6) is 0.182. The molecule has 1 rings (SSSR count). The van der Waals surface area contributed by atoms with Crippen molar-refractivity contribution in [1.29, 1.82) is 5.26 Å². The van der Waals surface area contributed by atoms with Gasteiger partial charge in [-0.1, -0.05) is 15.9 Å². The van der Waals surface area contributed by atoms with Crippen LogP contribution in [-0.4, -0.2) is 12.9 Å². The highest BCUT2D eigenvalue weighted by molar-refractivity contribution is 9.10. The van der Waals surface area contributed by atoms with Crippen LogP contribution in [0, 0.1) is 17.2 Å². The zero-order chi connectivity index (χ0) is 12.1. The zero-order valence-corrected chi connectivity index (χ0v) is 10.7. The van der Waals surface area contributed by atoms with Gasteiger partial charge in [-0.25, -0.2) is 0 Å². The van der Waals surface area contributed by atoms with E-state index < -0.39 is 0 Å². The normalized spacial score (nSPS) is 11.6. The van der Waals surface area contributed by atoms with Gasteiger partial charge in [-0.15, -0.1) is 0 Å². The lowest BCUT2D eigenvalue weighted by Gasteiger charge is -2.08. The average Bonchev–Trinajstić information content (AvgIpc) is 2.28. The SMILES string of the molecule is COc1ccc(Br)cc1C(=O)CC(C)C#N. The van der Waals surface area contributed by atoms with E-state index in [1.165, 1.54) is 7.11 Å². The van der Waals surface area contributed by atoms with Crippen LogP contribution in [0.3, 0.4) is 0 Å². The lowest BCUT2D eigenvalue weighted by molar-refractivity contribution is 0.0969. The summed E-state index contributed by atoms with van der Waals surface area (Å²) in [6.45, 7) is 1.72. The van der Waals surface area contributed by atoms with E-state index in [1.54, 1.807) is 19.1 Å². The fourth-order valence-corrected chi connectivity index (χ4v) is 1.69. The molecule has 0 radical (unpaired) electrons. The number of ketones is 1. The van der Waals surface area contributed by atoms with Gasteiger partial charge in [0.05, 0.1) is 24.7 Å². The number of Topliss-reactive ketones (excluding diaryl/α,β-unsaturated/α-hetero) is 1. The van der Waals surface area contributed by atoms with Gasteiger partial charge in [0, 0.05) is 10.9 Å². The maximum absolute atomic E-state index is 11.9. The molecule has 84 valence electrons. The first-order valence-corrected chi connectivity index (χ1v) is 5.64. The van der Waals surface area contributed by atoms with Crippen LogP contribution in [0.5, 0.6) is 5.75 Å². The number of nitrogens with zero attached hydrogens (tertiary/aromatic N) is 1. The molecule has 1 aromatic carbocycles. The molecule has 0 bridgehead atoms. The van der Waals surface area contributed by atoms with Gasteiger partial charge in [-0.2, -0.15) is 5.26 Å². The van der Waals surface area contributed by atoms with Crippen LogP contribution in [0.25, 0.3) is 0 Å². The fourth-order valence-electron chi connectivity index (χ4n) is 1.33. The highest BCUT2D eigenvalue weighted by Gasteiger charge is 2.15. The molecule has 1 atom stereocenters. The molecule has 0 aliphatic heterocycles. The van der Waals surface area contributed by atoms with Crippen molar-refractivity contribution in [3.8, 4) is 11.8 Å². The van der Waals surface area contributed by atoms with Crippen molar-refractivity contribution in [3.05, 3.63) is 28.2 Å². The number of carbonyl (C=O) groups is 1. The van der Waals surface area contributed by atoms with E-state index in [0.29, 0.717) is 11.3 Å². The second-order valence-corrected chi connectivity index (χ2v) is 4.42. The molecule has 1 aromatic rings. The molecule has 4 heteroatoms. The number of nitriles is 1. The van der Waals surface area contributed by atoms with Crippen molar-refractivity contribution < 1.29 is 9.53 Å². The molecule has 0 N–H and O–H groups in total. The Morgan fingerprint density at radius 2 is 2.31 bits per heavy atom. The molecular formula is C12H12BrNO2. The van der Waals surface area contributed by atoms with E-state index in [2.05, 4.69) is 15.9 Å². The summed E-state index contributed by atoms with van der Waals surface area (Å²) in [4.78, 5) is 11.9. The van der Waals surface area contributed by atoms with Crippen molar-refractivity contribution in [2.24, 2.45) is 5.92 Å². The van der Waals surface area contributed by atoms with Gasteiger partial charge >= 0.3 is 0 Å². The highest BCUT2D eigenvalue weighted by Crippen LogP contribution is 2.25. The Labute approximate surface area is 103 Å². The lowest BCUT2D eigenvalue weighted by Crippen LogP contribution is -2.06. The first-order valence-electron chi connectivity index (χ1n) is 4.84. The Kier molecular flexibility index (Phi) is 4.51. The topological polar surface area (TPSA) is 50.1 Å². The van der Waals surface area contributed by atoms with Gasteiger partial charge in [0.15, 0.2) is 5.78 Å². The van der Waals surface area contributed by atoms with Gasteiger partial charge < -0.3 is 4.74 Å². The maximum Gasteiger partial charge on any atom is 0.167 e. The highest BCUT2D eigenvalue weighted by atomic mass is 79.9. The van der Waals surface area contributed by atoms with Gasteiger partial charge in [-0.05, 0) is 25.1 Å². The Balaban J connectivity index is 2.98. The number of hydrogen-bond donors (Lipinski definition) is 0. The predicted octanol–water partition coefficient (Wildman–Crippen LogP) is 3.19. The van der Waals surface area contributed by atoms with Crippen LogP contribution in [0.15, 0.2) is 22.7 Å². The second kappa shape index (κ2) is 5.66. The molecule has 16 heavy (non-hydrogen) atoms. The summed E-state index contributed by atoms with van der Waals surface area (Å²) in [5.41, 5.74) is 0.513. The molecule has 1 unspecified atom stereocenters. The van der Waals surface area contributed by atoms with Gasteiger partial charge in [-0.3, -0.25) is 4.79 Å². The Morgan fingerprint density at radius 1 is 1.62 bits per heavy atom. The molecule has 0 aromatic heterocycles. The largest absolute Gasteiger partial charge is 0.496 e. The average molecular weight is 282 g/mol. The first kappa shape index (κ1) is 12.7. The Morgan fingerprint density at radius 3 is 2.88 bits per heavy atom. The van der Waals surface area contributed by atoms with E-state index in [0.717, 1.165) is 4.47 Å². The molecule has 0 saturated heterocycles. The van der Waals surface area contributed by atoms with Gasteiger partial charge in [0.25, 0.3) is 0 Å². The third kappa shape index (κ3) is 3.07.